The van der Waals surface area contributed by atoms with E-state index in [4.69, 9.17) is 15.2 Å². The first-order valence-corrected chi connectivity index (χ1v) is 16.2. The molecule has 2 heterocycles. The second-order valence-corrected chi connectivity index (χ2v) is 12.6. The molecular formula is C37H46Cl2N6O5. The van der Waals surface area contributed by atoms with Crippen LogP contribution >= 0.6 is 24.8 Å². The number of piperidine rings is 1. The topological polar surface area (TPSA) is 141 Å². The summed E-state index contributed by atoms with van der Waals surface area (Å²) >= 11 is 0. The Morgan fingerprint density at radius 3 is 2.20 bits per heavy atom. The molecule has 50 heavy (non-hydrogen) atoms. The van der Waals surface area contributed by atoms with Crippen LogP contribution < -0.4 is 21.1 Å². The molecule has 0 spiro atoms. The van der Waals surface area contributed by atoms with E-state index in [0.29, 0.717) is 19.0 Å². The van der Waals surface area contributed by atoms with Crippen molar-refractivity contribution in [2.45, 2.75) is 56.8 Å². The molecule has 13 heteroatoms. The Hall–Kier alpha value is -4.42. The van der Waals surface area contributed by atoms with Crippen molar-refractivity contribution in [2.75, 3.05) is 32.1 Å². The molecule has 0 bridgehead atoms. The second kappa shape index (κ2) is 18.5. The number of nitrogens with zero attached hydrogens (tertiary/aromatic N) is 3. The molecule has 11 nitrogen and oxygen atoms in total. The van der Waals surface area contributed by atoms with Crippen LogP contribution in [0.4, 0.5) is 5.82 Å². The number of imidazole rings is 1. The van der Waals surface area contributed by atoms with Gasteiger partial charge < -0.3 is 35.3 Å². The molecule has 5 rings (SSSR count). The molecule has 1 unspecified atom stereocenters. The maximum atomic E-state index is 14.1. The summed E-state index contributed by atoms with van der Waals surface area (Å²) in [6.45, 7) is 4.50. The summed E-state index contributed by atoms with van der Waals surface area (Å²) in [6.07, 6.45) is 4.80. The first-order chi connectivity index (χ1) is 23.1. The molecule has 2 atom stereocenters. The van der Waals surface area contributed by atoms with E-state index in [2.05, 4.69) is 21.7 Å². The van der Waals surface area contributed by atoms with E-state index in [0.717, 1.165) is 35.3 Å². The highest BCUT2D eigenvalue weighted by molar-refractivity contribution is 5.98. The van der Waals surface area contributed by atoms with Gasteiger partial charge in [0, 0.05) is 19.3 Å². The minimum Gasteiger partial charge on any atom is -0.496 e. The third kappa shape index (κ3) is 10.3. The number of ether oxygens (including phenoxy) is 2. The van der Waals surface area contributed by atoms with Crippen LogP contribution in [0.15, 0.2) is 97.5 Å². The van der Waals surface area contributed by atoms with Crippen LogP contribution in [-0.4, -0.2) is 70.6 Å². The molecule has 0 radical (unpaired) electrons. The van der Waals surface area contributed by atoms with Crippen LogP contribution in [0, 0.1) is 0 Å². The van der Waals surface area contributed by atoms with Crippen LogP contribution in [-0.2, 0) is 25.7 Å². The zero-order chi connectivity index (χ0) is 34.1. The predicted molar refractivity (Wildman–Crippen MR) is 198 cm³/mol. The van der Waals surface area contributed by atoms with E-state index in [1.54, 1.807) is 31.7 Å². The molecule has 1 saturated heterocycles. The second-order valence-electron chi connectivity index (χ2n) is 12.6. The number of nitrogens with two attached hydrogens (primary N) is 1. The third-order valence-corrected chi connectivity index (χ3v) is 8.49. The van der Waals surface area contributed by atoms with Crippen molar-refractivity contribution in [1.29, 1.82) is 0 Å². The zero-order valence-corrected chi connectivity index (χ0v) is 30.1. The number of benzene rings is 3. The van der Waals surface area contributed by atoms with Gasteiger partial charge in [0.15, 0.2) is 5.82 Å². The fourth-order valence-electron chi connectivity index (χ4n) is 5.82. The summed E-state index contributed by atoms with van der Waals surface area (Å²) in [5.41, 5.74) is 7.68. The van der Waals surface area contributed by atoms with Crippen molar-refractivity contribution in [2.24, 2.45) is 5.73 Å². The molecule has 0 saturated carbocycles. The van der Waals surface area contributed by atoms with Gasteiger partial charge in [-0.25, -0.2) is 4.98 Å². The van der Waals surface area contributed by atoms with Gasteiger partial charge in [-0.2, -0.15) is 0 Å². The Kier molecular flexibility index (Phi) is 14.8. The first kappa shape index (κ1) is 40.0. The molecule has 1 aliphatic rings. The molecular weight excluding hydrogens is 679 g/mol. The molecule has 3 amide bonds. The van der Waals surface area contributed by atoms with Crippen molar-refractivity contribution in [3.8, 4) is 5.75 Å². The molecule has 3 aromatic carbocycles. The third-order valence-electron chi connectivity index (χ3n) is 8.49. The van der Waals surface area contributed by atoms with E-state index in [1.807, 2.05) is 83.8 Å². The normalized spacial score (nSPS) is 14.4. The number of likely N-dealkylation sites (tertiary alicyclic amines) is 1. The van der Waals surface area contributed by atoms with Gasteiger partial charge in [-0.15, -0.1) is 24.8 Å². The zero-order valence-electron chi connectivity index (χ0n) is 28.5. The lowest BCUT2D eigenvalue weighted by molar-refractivity contribution is -0.134. The number of carbonyl (C=O) groups is 3. The Morgan fingerprint density at radius 2 is 1.56 bits per heavy atom. The van der Waals surface area contributed by atoms with Crippen molar-refractivity contribution < 1.29 is 23.9 Å². The summed E-state index contributed by atoms with van der Waals surface area (Å²) in [4.78, 5) is 46.6. The van der Waals surface area contributed by atoms with Gasteiger partial charge in [0.2, 0.25) is 11.8 Å². The number of aromatic nitrogens is 2. The summed E-state index contributed by atoms with van der Waals surface area (Å²) in [5, 5.41) is 5.48. The molecule has 1 aliphatic heterocycles. The lowest BCUT2D eigenvalue weighted by atomic mass is 9.88. The molecule has 0 aliphatic carbocycles. The van der Waals surface area contributed by atoms with Crippen LogP contribution in [0.3, 0.4) is 0 Å². The summed E-state index contributed by atoms with van der Waals surface area (Å²) in [7, 11) is 1.68. The highest BCUT2D eigenvalue weighted by Crippen LogP contribution is 2.35. The SMILES string of the molecule is COc1ccccc1C1CCN(C(=O)C(c2ccccc2)n2cnc(NC(=O)[C@@H](COCc3ccccc3)NC(=O)C(C)(C)N)c2)CC1.Cl.Cl. The number of rotatable bonds is 13. The number of methoxy groups -OCH3 is 1. The van der Waals surface area contributed by atoms with Crippen molar-refractivity contribution in [3.05, 3.63) is 114 Å². The van der Waals surface area contributed by atoms with Gasteiger partial charge in [0.05, 0.1) is 32.2 Å². The van der Waals surface area contributed by atoms with Crippen LogP contribution in [0.5, 0.6) is 5.75 Å². The van der Waals surface area contributed by atoms with E-state index in [1.165, 1.54) is 6.33 Å². The van der Waals surface area contributed by atoms with Crippen molar-refractivity contribution in [1.82, 2.24) is 19.8 Å². The van der Waals surface area contributed by atoms with Crippen LogP contribution in [0.1, 0.15) is 55.3 Å². The lowest BCUT2D eigenvalue weighted by Gasteiger charge is -2.35. The van der Waals surface area contributed by atoms with Gasteiger partial charge in [-0.3, -0.25) is 14.4 Å². The average Bonchev–Trinajstić information content (AvgIpc) is 3.55. The average molecular weight is 726 g/mol. The maximum absolute atomic E-state index is 14.1. The summed E-state index contributed by atoms with van der Waals surface area (Å²) in [5.74, 6) is 0.323. The smallest absolute Gasteiger partial charge is 0.250 e. The highest BCUT2D eigenvalue weighted by Gasteiger charge is 2.33. The fourth-order valence-corrected chi connectivity index (χ4v) is 5.82. The number of hydrogen-bond acceptors (Lipinski definition) is 7. The number of para-hydroxylation sites is 1. The number of carbonyl (C=O) groups excluding carboxylic acids is 3. The summed E-state index contributed by atoms with van der Waals surface area (Å²) < 4.78 is 13.1. The predicted octanol–water partition coefficient (Wildman–Crippen LogP) is 5.11. The van der Waals surface area contributed by atoms with E-state index in [-0.39, 0.29) is 49.8 Å². The van der Waals surface area contributed by atoms with Crippen LogP contribution in [0.2, 0.25) is 0 Å². The van der Waals surface area contributed by atoms with Crippen LogP contribution in [0.25, 0.3) is 0 Å². The fraction of sp³-hybridized carbons (Fsp3) is 0.351. The number of amides is 3. The number of hydrogen-bond donors (Lipinski definition) is 3. The Labute approximate surface area is 305 Å². The largest absolute Gasteiger partial charge is 0.496 e. The number of anilines is 1. The minimum atomic E-state index is -1.20. The Balaban J connectivity index is 0.00000338. The van der Waals surface area contributed by atoms with Gasteiger partial charge in [0.1, 0.15) is 17.8 Å². The lowest BCUT2D eigenvalue weighted by Crippen LogP contribution is -2.56. The Morgan fingerprint density at radius 1 is 0.940 bits per heavy atom. The standard InChI is InChI=1S/C37H44N6O5.2ClH/c1-37(2,38)36(46)40-30(24-48-23-26-12-6-4-7-13-26)34(44)41-32-22-43(25-39-32)33(28-14-8-5-9-15-28)35(45)42-20-18-27(19-21-42)29-16-10-11-17-31(29)47-3;;/h4-17,22,25,27,30,33H,18-21,23-24,38H2,1-3H3,(H,40,46)(H,41,44);2*1H/t30-,33?;;/m1../s1. The van der Waals surface area contributed by atoms with E-state index in [9.17, 15) is 14.4 Å². The van der Waals surface area contributed by atoms with Crippen molar-refractivity contribution >= 4 is 48.4 Å². The number of nitrogens with one attached hydrogen (secondary N) is 2. The van der Waals surface area contributed by atoms with Gasteiger partial charge in [-0.1, -0.05) is 78.9 Å². The molecule has 268 valence electrons. The van der Waals surface area contributed by atoms with Gasteiger partial charge >= 0.3 is 0 Å². The Bertz CT molecular complexity index is 1670. The molecule has 4 aromatic rings. The monoisotopic (exact) mass is 724 g/mol. The van der Waals surface area contributed by atoms with Gasteiger partial charge in [-0.05, 0) is 55.4 Å². The first-order valence-electron chi connectivity index (χ1n) is 16.2. The highest BCUT2D eigenvalue weighted by atomic mass is 35.5. The molecule has 4 N–H and O–H groups in total. The van der Waals surface area contributed by atoms with Gasteiger partial charge in [0.25, 0.3) is 5.91 Å². The number of halogens is 2. The van der Waals surface area contributed by atoms with E-state index >= 15 is 0 Å². The van der Waals surface area contributed by atoms with E-state index < -0.39 is 29.4 Å². The van der Waals surface area contributed by atoms with Crippen molar-refractivity contribution in [3.63, 3.8) is 0 Å². The molecule has 1 fully saturated rings. The quantitative estimate of drug-likeness (QED) is 0.174. The summed E-state index contributed by atoms with van der Waals surface area (Å²) in [6, 6.07) is 25.4. The minimum absolute atomic E-state index is 0. The molecule has 1 aromatic heterocycles. The maximum Gasteiger partial charge on any atom is 0.250 e.